The van der Waals surface area contributed by atoms with Gasteiger partial charge in [-0.3, -0.25) is 4.98 Å². The molecule has 0 fully saturated rings. The zero-order valence-corrected chi connectivity index (χ0v) is 12.1. The summed E-state index contributed by atoms with van der Waals surface area (Å²) in [5.74, 6) is 0.235. The summed E-state index contributed by atoms with van der Waals surface area (Å²) < 4.78 is 0. The van der Waals surface area contributed by atoms with E-state index < -0.39 is 0 Å². The minimum absolute atomic E-state index is 0.235. The van der Waals surface area contributed by atoms with E-state index in [1.54, 1.807) is 0 Å². The zero-order valence-electron chi connectivity index (χ0n) is 12.1. The highest BCUT2D eigenvalue weighted by Gasteiger charge is 2.08. The molecule has 0 aliphatic carbocycles. The van der Waals surface area contributed by atoms with E-state index >= 15 is 0 Å². The largest absolute Gasteiger partial charge is 0.409 e. The third-order valence-electron chi connectivity index (χ3n) is 3.19. The van der Waals surface area contributed by atoms with Crippen molar-refractivity contribution in [3.8, 4) is 0 Å². The first-order chi connectivity index (χ1) is 10.2. The third-order valence-corrected chi connectivity index (χ3v) is 3.19. The van der Waals surface area contributed by atoms with Crippen molar-refractivity contribution >= 4 is 11.5 Å². The number of hydrogen-bond acceptors (Lipinski definition) is 4. The summed E-state index contributed by atoms with van der Waals surface area (Å²) in [5.41, 5.74) is 8.95. The number of nitrogens with two attached hydrogens (primary N) is 1. The third kappa shape index (κ3) is 4.49. The van der Waals surface area contributed by atoms with Gasteiger partial charge >= 0.3 is 0 Å². The Hall–Kier alpha value is -2.56. The lowest BCUT2D eigenvalue weighted by Crippen LogP contribution is -2.27. The van der Waals surface area contributed by atoms with Crippen LogP contribution in [0, 0.1) is 6.92 Å². The van der Waals surface area contributed by atoms with Crippen molar-refractivity contribution in [2.45, 2.75) is 19.9 Å². The number of anilines is 1. The van der Waals surface area contributed by atoms with Crippen molar-refractivity contribution < 1.29 is 5.21 Å². The van der Waals surface area contributed by atoms with Gasteiger partial charge in [0.25, 0.3) is 0 Å². The quantitative estimate of drug-likeness (QED) is 0.370. The van der Waals surface area contributed by atoms with Crippen LogP contribution < -0.4 is 10.6 Å². The summed E-state index contributed by atoms with van der Waals surface area (Å²) >= 11 is 0. The number of benzene rings is 1. The van der Waals surface area contributed by atoms with Gasteiger partial charge in [0.05, 0.1) is 0 Å². The minimum atomic E-state index is 0.235. The van der Waals surface area contributed by atoms with E-state index in [4.69, 9.17) is 10.9 Å². The summed E-state index contributed by atoms with van der Waals surface area (Å²) in [7, 11) is 0. The standard InChI is InChI=1S/C16H20N4O/c1-13-9-14(11-18-10-13)12-20(8-7-16(17)19-21)15-5-3-2-4-6-15/h2-6,9-11,21H,7-8,12H2,1H3,(H2,17,19). The molecule has 0 bridgehead atoms. The molecule has 2 rings (SSSR count). The summed E-state index contributed by atoms with van der Waals surface area (Å²) in [6, 6.07) is 12.2. The number of hydrogen-bond donors (Lipinski definition) is 2. The first-order valence-electron chi connectivity index (χ1n) is 6.86. The average molecular weight is 284 g/mol. The van der Waals surface area contributed by atoms with Crippen LogP contribution in [0.1, 0.15) is 17.5 Å². The lowest BCUT2D eigenvalue weighted by atomic mass is 10.2. The second-order valence-corrected chi connectivity index (χ2v) is 4.97. The van der Waals surface area contributed by atoms with Crippen LogP contribution in [0.5, 0.6) is 0 Å². The summed E-state index contributed by atoms with van der Waals surface area (Å²) in [6.07, 6.45) is 4.21. The lowest BCUT2D eigenvalue weighted by Gasteiger charge is -2.24. The molecular weight excluding hydrogens is 264 g/mol. The van der Waals surface area contributed by atoms with Crippen molar-refractivity contribution in [2.24, 2.45) is 10.9 Å². The molecule has 0 aliphatic heterocycles. The SMILES string of the molecule is Cc1cncc(CN(CC/C(N)=N/O)c2ccccc2)c1. The van der Waals surface area contributed by atoms with Gasteiger partial charge in [-0.15, -0.1) is 0 Å². The second-order valence-electron chi connectivity index (χ2n) is 4.97. The zero-order chi connectivity index (χ0) is 15.1. The molecule has 1 aromatic heterocycles. The normalized spacial score (nSPS) is 11.4. The van der Waals surface area contributed by atoms with Gasteiger partial charge in [-0.05, 0) is 30.2 Å². The molecule has 0 unspecified atom stereocenters. The second kappa shape index (κ2) is 7.28. The number of aryl methyl sites for hydroxylation is 1. The molecule has 21 heavy (non-hydrogen) atoms. The fourth-order valence-corrected chi connectivity index (χ4v) is 2.16. The van der Waals surface area contributed by atoms with Crippen molar-refractivity contribution in [3.05, 3.63) is 59.9 Å². The molecule has 5 heteroatoms. The Bertz CT molecular complexity index is 598. The highest BCUT2D eigenvalue weighted by Crippen LogP contribution is 2.17. The van der Waals surface area contributed by atoms with Crippen LogP contribution in [0.15, 0.2) is 53.9 Å². The van der Waals surface area contributed by atoms with Gasteiger partial charge in [0.2, 0.25) is 0 Å². The van der Waals surface area contributed by atoms with Gasteiger partial charge in [-0.1, -0.05) is 29.4 Å². The minimum Gasteiger partial charge on any atom is -0.409 e. The first-order valence-corrected chi connectivity index (χ1v) is 6.86. The number of amidine groups is 1. The van der Waals surface area contributed by atoms with Crippen LogP contribution in [-0.4, -0.2) is 22.6 Å². The summed E-state index contributed by atoms with van der Waals surface area (Å²) in [4.78, 5) is 6.42. The maximum absolute atomic E-state index is 8.68. The van der Waals surface area contributed by atoms with Crippen molar-refractivity contribution in [3.63, 3.8) is 0 Å². The number of pyridine rings is 1. The van der Waals surface area contributed by atoms with E-state index in [0.717, 1.165) is 23.4 Å². The molecular formula is C16H20N4O. The molecule has 0 saturated heterocycles. The van der Waals surface area contributed by atoms with Gasteiger partial charge in [-0.25, -0.2) is 0 Å². The highest BCUT2D eigenvalue weighted by molar-refractivity contribution is 5.80. The van der Waals surface area contributed by atoms with Crippen LogP contribution in [0.25, 0.3) is 0 Å². The molecule has 0 spiro atoms. The highest BCUT2D eigenvalue weighted by atomic mass is 16.4. The van der Waals surface area contributed by atoms with E-state index in [1.165, 1.54) is 0 Å². The number of aromatic nitrogens is 1. The van der Waals surface area contributed by atoms with E-state index in [1.807, 2.05) is 37.5 Å². The van der Waals surface area contributed by atoms with E-state index in [0.29, 0.717) is 13.0 Å². The Morgan fingerprint density at radius 3 is 2.71 bits per heavy atom. The molecule has 0 saturated carbocycles. The van der Waals surface area contributed by atoms with Crippen molar-refractivity contribution in [1.29, 1.82) is 0 Å². The number of oxime groups is 1. The Morgan fingerprint density at radius 1 is 1.29 bits per heavy atom. The van der Waals surface area contributed by atoms with Gasteiger partial charge in [-0.2, -0.15) is 0 Å². The number of para-hydroxylation sites is 1. The predicted molar refractivity (Wildman–Crippen MR) is 84.5 cm³/mol. The molecule has 3 N–H and O–H groups in total. The number of rotatable bonds is 6. The molecule has 5 nitrogen and oxygen atoms in total. The Kier molecular flexibility index (Phi) is 5.15. The Morgan fingerprint density at radius 2 is 2.05 bits per heavy atom. The van der Waals surface area contributed by atoms with Crippen LogP contribution in [0.2, 0.25) is 0 Å². The predicted octanol–water partition coefficient (Wildman–Crippen LogP) is 2.53. The lowest BCUT2D eigenvalue weighted by molar-refractivity contribution is 0.317. The first kappa shape index (κ1) is 14.8. The molecule has 0 atom stereocenters. The molecule has 1 aromatic carbocycles. The fraction of sp³-hybridized carbons (Fsp3) is 0.250. The molecule has 1 heterocycles. The van der Waals surface area contributed by atoms with E-state index in [9.17, 15) is 0 Å². The average Bonchev–Trinajstić information content (AvgIpc) is 2.52. The summed E-state index contributed by atoms with van der Waals surface area (Å²) in [5, 5.41) is 11.7. The fourth-order valence-electron chi connectivity index (χ4n) is 2.16. The van der Waals surface area contributed by atoms with Gasteiger partial charge < -0.3 is 15.8 Å². The maximum atomic E-state index is 8.68. The van der Waals surface area contributed by atoms with Crippen molar-refractivity contribution in [1.82, 2.24) is 4.98 Å². The van der Waals surface area contributed by atoms with E-state index in [-0.39, 0.29) is 5.84 Å². The van der Waals surface area contributed by atoms with Gasteiger partial charge in [0.1, 0.15) is 5.84 Å². The monoisotopic (exact) mass is 284 g/mol. The van der Waals surface area contributed by atoms with Crippen LogP contribution in [0.4, 0.5) is 5.69 Å². The molecule has 110 valence electrons. The molecule has 2 aromatic rings. The van der Waals surface area contributed by atoms with Crippen LogP contribution in [-0.2, 0) is 6.54 Å². The number of nitrogens with zero attached hydrogens (tertiary/aromatic N) is 3. The molecule has 0 amide bonds. The van der Waals surface area contributed by atoms with Crippen LogP contribution in [0.3, 0.4) is 0 Å². The van der Waals surface area contributed by atoms with Crippen LogP contribution >= 0.6 is 0 Å². The molecule has 0 aliphatic rings. The van der Waals surface area contributed by atoms with Gasteiger partial charge in [0, 0.05) is 37.6 Å². The summed E-state index contributed by atoms with van der Waals surface area (Å²) in [6.45, 7) is 3.44. The molecule has 0 radical (unpaired) electrons. The maximum Gasteiger partial charge on any atom is 0.140 e. The topological polar surface area (TPSA) is 74.7 Å². The van der Waals surface area contributed by atoms with E-state index in [2.05, 4.69) is 33.2 Å². The Balaban J connectivity index is 2.15. The smallest absolute Gasteiger partial charge is 0.140 e. The van der Waals surface area contributed by atoms with Crippen molar-refractivity contribution in [2.75, 3.05) is 11.4 Å². The van der Waals surface area contributed by atoms with Gasteiger partial charge in [0.15, 0.2) is 0 Å². The Labute approximate surface area is 124 Å².